The van der Waals surface area contributed by atoms with Crippen LogP contribution < -0.4 is 10.5 Å². The third-order valence-electron chi connectivity index (χ3n) is 3.76. The standard InChI is InChI=1S/C19H23NO3/c1-13-11-18(9-7-15(13)8-10-19(21)22-3)23-17-6-4-5-16(12-17)14(2)20/h4-7,9,11-12,14H,8,10,20H2,1-3H3. The van der Waals surface area contributed by atoms with E-state index in [9.17, 15) is 4.79 Å². The van der Waals surface area contributed by atoms with Crippen LogP contribution in [0.15, 0.2) is 42.5 Å². The smallest absolute Gasteiger partial charge is 0.305 e. The van der Waals surface area contributed by atoms with Gasteiger partial charge in [0.05, 0.1) is 7.11 Å². The molecule has 0 fully saturated rings. The summed E-state index contributed by atoms with van der Waals surface area (Å²) >= 11 is 0. The van der Waals surface area contributed by atoms with E-state index in [1.54, 1.807) is 0 Å². The van der Waals surface area contributed by atoms with Crippen molar-refractivity contribution in [2.45, 2.75) is 32.7 Å². The molecule has 1 unspecified atom stereocenters. The van der Waals surface area contributed by atoms with Crippen molar-refractivity contribution in [3.8, 4) is 11.5 Å². The van der Waals surface area contributed by atoms with Crippen molar-refractivity contribution < 1.29 is 14.3 Å². The van der Waals surface area contributed by atoms with Crippen molar-refractivity contribution in [1.82, 2.24) is 0 Å². The average Bonchev–Trinajstić information content (AvgIpc) is 2.54. The van der Waals surface area contributed by atoms with Crippen molar-refractivity contribution in [3.63, 3.8) is 0 Å². The summed E-state index contributed by atoms with van der Waals surface area (Å²) in [5.41, 5.74) is 9.14. The highest BCUT2D eigenvalue weighted by Crippen LogP contribution is 2.26. The van der Waals surface area contributed by atoms with Crippen LogP contribution in [0.4, 0.5) is 0 Å². The van der Waals surface area contributed by atoms with E-state index in [0.717, 1.165) is 28.2 Å². The highest BCUT2D eigenvalue weighted by atomic mass is 16.5. The summed E-state index contributed by atoms with van der Waals surface area (Å²) in [7, 11) is 1.41. The Morgan fingerprint density at radius 2 is 1.91 bits per heavy atom. The van der Waals surface area contributed by atoms with Crippen molar-refractivity contribution in [2.75, 3.05) is 7.11 Å². The van der Waals surface area contributed by atoms with E-state index in [0.29, 0.717) is 12.8 Å². The fourth-order valence-corrected chi connectivity index (χ4v) is 2.35. The molecule has 1 atom stereocenters. The molecule has 2 N–H and O–H groups in total. The molecular formula is C19H23NO3. The topological polar surface area (TPSA) is 61.5 Å². The number of nitrogens with two attached hydrogens (primary N) is 1. The van der Waals surface area contributed by atoms with Gasteiger partial charge in [0, 0.05) is 12.5 Å². The number of carbonyl (C=O) groups excluding carboxylic acids is 1. The van der Waals surface area contributed by atoms with Crippen LogP contribution in [0.2, 0.25) is 0 Å². The molecule has 0 aliphatic heterocycles. The Labute approximate surface area is 137 Å². The van der Waals surface area contributed by atoms with Gasteiger partial charge in [-0.25, -0.2) is 0 Å². The summed E-state index contributed by atoms with van der Waals surface area (Å²) in [4.78, 5) is 11.2. The zero-order chi connectivity index (χ0) is 16.8. The minimum Gasteiger partial charge on any atom is -0.469 e. The summed E-state index contributed by atoms with van der Waals surface area (Å²) in [5.74, 6) is 1.34. The fourth-order valence-electron chi connectivity index (χ4n) is 2.35. The second kappa shape index (κ2) is 7.79. The molecule has 23 heavy (non-hydrogen) atoms. The quantitative estimate of drug-likeness (QED) is 0.821. The molecule has 0 aliphatic carbocycles. The fraction of sp³-hybridized carbons (Fsp3) is 0.316. The van der Waals surface area contributed by atoms with Crippen LogP contribution in [0.3, 0.4) is 0 Å². The number of hydrogen-bond acceptors (Lipinski definition) is 4. The second-order valence-electron chi connectivity index (χ2n) is 5.63. The molecule has 0 spiro atoms. The number of esters is 1. The Balaban J connectivity index is 2.08. The van der Waals surface area contributed by atoms with Gasteiger partial charge in [-0.2, -0.15) is 0 Å². The molecule has 4 nitrogen and oxygen atoms in total. The van der Waals surface area contributed by atoms with Crippen LogP contribution in [0.25, 0.3) is 0 Å². The molecule has 2 rings (SSSR count). The number of methoxy groups -OCH3 is 1. The molecule has 0 saturated carbocycles. The summed E-state index contributed by atoms with van der Waals surface area (Å²) in [6.07, 6.45) is 1.05. The van der Waals surface area contributed by atoms with Crippen molar-refractivity contribution in [2.24, 2.45) is 5.73 Å². The highest BCUT2D eigenvalue weighted by molar-refractivity contribution is 5.69. The van der Waals surface area contributed by atoms with E-state index in [1.165, 1.54) is 7.11 Å². The lowest BCUT2D eigenvalue weighted by Gasteiger charge is -2.12. The Bertz CT molecular complexity index is 680. The Morgan fingerprint density at radius 1 is 1.17 bits per heavy atom. The third-order valence-corrected chi connectivity index (χ3v) is 3.76. The van der Waals surface area contributed by atoms with Gasteiger partial charge in [-0.1, -0.05) is 18.2 Å². The van der Waals surface area contributed by atoms with Crippen LogP contribution in [0, 0.1) is 6.92 Å². The van der Waals surface area contributed by atoms with Crippen molar-refractivity contribution in [1.29, 1.82) is 0 Å². The molecule has 2 aromatic rings. The minimum atomic E-state index is -0.197. The van der Waals surface area contributed by atoms with Gasteiger partial charge in [-0.3, -0.25) is 4.79 Å². The lowest BCUT2D eigenvalue weighted by molar-refractivity contribution is -0.140. The number of rotatable bonds is 6. The second-order valence-corrected chi connectivity index (χ2v) is 5.63. The summed E-state index contributed by atoms with van der Waals surface area (Å²) in [6.45, 7) is 3.96. The number of hydrogen-bond donors (Lipinski definition) is 1. The Morgan fingerprint density at radius 3 is 2.57 bits per heavy atom. The molecule has 0 amide bonds. The van der Waals surface area contributed by atoms with Gasteiger partial charge in [0.15, 0.2) is 0 Å². The number of carbonyl (C=O) groups is 1. The normalized spacial score (nSPS) is 11.8. The lowest BCUT2D eigenvalue weighted by atomic mass is 10.0. The predicted molar refractivity (Wildman–Crippen MR) is 90.6 cm³/mol. The first kappa shape index (κ1) is 17.0. The first-order valence-electron chi connectivity index (χ1n) is 7.69. The van der Waals surface area contributed by atoms with Crippen LogP contribution in [0.5, 0.6) is 11.5 Å². The highest BCUT2D eigenvalue weighted by Gasteiger charge is 2.07. The van der Waals surface area contributed by atoms with Gasteiger partial charge in [-0.05, 0) is 61.2 Å². The maximum atomic E-state index is 11.2. The van der Waals surface area contributed by atoms with Crippen LogP contribution in [-0.2, 0) is 16.0 Å². The van der Waals surface area contributed by atoms with E-state index in [1.807, 2.05) is 56.3 Å². The summed E-state index contributed by atoms with van der Waals surface area (Å²) in [6, 6.07) is 13.6. The molecular weight excluding hydrogens is 290 g/mol. The van der Waals surface area contributed by atoms with E-state index < -0.39 is 0 Å². The van der Waals surface area contributed by atoms with E-state index in [2.05, 4.69) is 4.74 Å². The lowest BCUT2D eigenvalue weighted by Crippen LogP contribution is -2.04. The SMILES string of the molecule is COC(=O)CCc1ccc(Oc2cccc(C(C)N)c2)cc1C. The largest absolute Gasteiger partial charge is 0.469 e. The monoisotopic (exact) mass is 313 g/mol. The Kier molecular flexibility index (Phi) is 5.77. The van der Waals surface area contributed by atoms with Gasteiger partial charge < -0.3 is 15.2 Å². The van der Waals surface area contributed by atoms with Gasteiger partial charge in [-0.15, -0.1) is 0 Å². The number of aryl methyl sites for hydroxylation is 2. The van der Waals surface area contributed by atoms with E-state index >= 15 is 0 Å². The maximum absolute atomic E-state index is 11.2. The van der Waals surface area contributed by atoms with Gasteiger partial charge in [0.2, 0.25) is 0 Å². The maximum Gasteiger partial charge on any atom is 0.305 e. The third kappa shape index (κ3) is 4.83. The molecule has 122 valence electrons. The zero-order valence-electron chi connectivity index (χ0n) is 13.8. The van der Waals surface area contributed by atoms with Crippen LogP contribution in [-0.4, -0.2) is 13.1 Å². The molecule has 0 radical (unpaired) electrons. The first-order chi connectivity index (χ1) is 11.0. The van der Waals surface area contributed by atoms with Crippen LogP contribution >= 0.6 is 0 Å². The minimum absolute atomic E-state index is 0.0269. The Hall–Kier alpha value is -2.33. The molecule has 0 aromatic heterocycles. The number of benzene rings is 2. The van der Waals surface area contributed by atoms with Crippen molar-refractivity contribution >= 4 is 5.97 Å². The number of ether oxygens (including phenoxy) is 2. The molecule has 0 heterocycles. The molecule has 4 heteroatoms. The van der Waals surface area contributed by atoms with Gasteiger partial charge in [0.25, 0.3) is 0 Å². The average molecular weight is 313 g/mol. The predicted octanol–water partition coefficient (Wildman–Crippen LogP) is 3.91. The van der Waals surface area contributed by atoms with Crippen LogP contribution in [0.1, 0.15) is 36.1 Å². The zero-order valence-corrected chi connectivity index (χ0v) is 13.8. The molecule has 0 saturated heterocycles. The first-order valence-corrected chi connectivity index (χ1v) is 7.69. The van der Waals surface area contributed by atoms with E-state index in [4.69, 9.17) is 10.5 Å². The summed E-state index contributed by atoms with van der Waals surface area (Å²) < 4.78 is 10.6. The molecule has 2 aromatic carbocycles. The van der Waals surface area contributed by atoms with Gasteiger partial charge >= 0.3 is 5.97 Å². The van der Waals surface area contributed by atoms with Gasteiger partial charge in [0.1, 0.15) is 11.5 Å². The van der Waals surface area contributed by atoms with Crippen molar-refractivity contribution in [3.05, 3.63) is 59.2 Å². The van der Waals surface area contributed by atoms with E-state index in [-0.39, 0.29) is 12.0 Å². The summed E-state index contributed by atoms with van der Waals surface area (Å²) in [5, 5.41) is 0. The molecule has 0 bridgehead atoms. The molecule has 0 aliphatic rings.